The first-order valence-corrected chi connectivity index (χ1v) is 7.68. The largest absolute Gasteiger partial charge is 0.473 e. The quantitative estimate of drug-likeness (QED) is 0.808. The summed E-state index contributed by atoms with van der Waals surface area (Å²) < 4.78 is 18.9. The molecule has 2 aromatic rings. The van der Waals surface area contributed by atoms with E-state index in [1.54, 1.807) is 12.1 Å². The van der Waals surface area contributed by atoms with Gasteiger partial charge >= 0.3 is 0 Å². The molecule has 4 heteroatoms. The van der Waals surface area contributed by atoms with Crippen LogP contribution in [0.25, 0.3) is 0 Å². The van der Waals surface area contributed by atoms with Gasteiger partial charge in [-0.3, -0.25) is 4.90 Å². The van der Waals surface area contributed by atoms with E-state index in [0.29, 0.717) is 5.88 Å². The van der Waals surface area contributed by atoms with Gasteiger partial charge in [-0.15, -0.1) is 0 Å². The summed E-state index contributed by atoms with van der Waals surface area (Å²) in [6.45, 7) is 7.05. The summed E-state index contributed by atoms with van der Waals surface area (Å²) in [7, 11) is 0. The smallest absolute Gasteiger partial charge is 0.216 e. The average molecular weight is 300 g/mol. The lowest BCUT2D eigenvalue weighted by molar-refractivity contribution is 0.189. The highest BCUT2D eigenvalue weighted by molar-refractivity contribution is 5.30. The van der Waals surface area contributed by atoms with Gasteiger partial charge in [-0.1, -0.05) is 29.8 Å². The zero-order valence-electron chi connectivity index (χ0n) is 13.1. The average Bonchev–Trinajstić information content (AvgIpc) is 2.90. The van der Waals surface area contributed by atoms with Crippen molar-refractivity contribution >= 4 is 0 Å². The van der Waals surface area contributed by atoms with Crippen LogP contribution in [-0.2, 0) is 6.54 Å². The lowest BCUT2D eigenvalue weighted by atomic mass is 10.1. The van der Waals surface area contributed by atoms with Crippen LogP contribution in [0, 0.1) is 19.8 Å². The van der Waals surface area contributed by atoms with E-state index in [4.69, 9.17) is 4.74 Å². The van der Waals surface area contributed by atoms with E-state index in [-0.39, 0.29) is 6.10 Å². The van der Waals surface area contributed by atoms with Crippen LogP contribution < -0.4 is 4.74 Å². The second-order valence-corrected chi connectivity index (χ2v) is 5.99. The minimum Gasteiger partial charge on any atom is -0.473 e. The highest BCUT2D eigenvalue weighted by Crippen LogP contribution is 2.20. The molecule has 2 heterocycles. The molecule has 3 nitrogen and oxygen atoms in total. The Morgan fingerprint density at radius 1 is 1.27 bits per heavy atom. The molecular formula is C18H21FN2O. The van der Waals surface area contributed by atoms with Crippen molar-refractivity contribution in [3.8, 4) is 5.88 Å². The molecule has 1 aromatic carbocycles. The SMILES string of the molecule is Cc1ccc(C)c(CN2CCC(Oc3cccc(F)n3)C2)c1. The molecule has 1 fully saturated rings. The molecule has 1 aromatic heterocycles. The molecule has 116 valence electrons. The number of hydrogen-bond donors (Lipinski definition) is 0. The maximum absolute atomic E-state index is 13.1. The summed E-state index contributed by atoms with van der Waals surface area (Å²) in [6.07, 6.45) is 1.03. The van der Waals surface area contributed by atoms with Gasteiger partial charge in [0, 0.05) is 25.7 Å². The minimum absolute atomic E-state index is 0.0828. The number of halogens is 1. The molecule has 0 bridgehead atoms. The molecule has 3 rings (SSSR count). The Balaban J connectivity index is 1.59. The second kappa shape index (κ2) is 6.44. The van der Waals surface area contributed by atoms with Crippen LogP contribution in [0.2, 0.25) is 0 Å². The van der Waals surface area contributed by atoms with Gasteiger partial charge in [0.05, 0.1) is 0 Å². The minimum atomic E-state index is -0.497. The molecule has 0 N–H and O–H groups in total. The number of pyridine rings is 1. The zero-order chi connectivity index (χ0) is 15.5. The van der Waals surface area contributed by atoms with Crippen LogP contribution >= 0.6 is 0 Å². The van der Waals surface area contributed by atoms with Gasteiger partial charge in [-0.2, -0.15) is 9.37 Å². The van der Waals surface area contributed by atoms with Crippen molar-refractivity contribution in [1.82, 2.24) is 9.88 Å². The van der Waals surface area contributed by atoms with Crippen LogP contribution in [0.1, 0.15) is 23.1 Å². The van der Waals surface area contributed by atoms with E-state index in [1.807, 2.05) is 0 Å². The summed E-state index contributed by atoms with van der Waals surface area (Å²) >= 11 is 0. The number of likely N-dealkylation sites (tertiary alicyclic amines) is 1. The fourth-order valence-electron chi connectivity index (χ4n) is 2.87. The molecule has 1 atom stereocenters. The highest BCUT2D eigenvalue weighted by Gasteiger charge is 2.24. The zero-order valence-corrected chi connectivity index (χ0v) is 13.1. The first kappa shape index (κ1) is 15.0. The third-order valence-corrected chi connectivity index (χ3v) is 4.10. The number of nitrogens with zero attached hydrogens (tertiary/aromatic N) is 2. The van der Waals surface area contributed by atoms with E-state index >= 15 is 0 Å². The van der Waals surface area contributed by atoms with Crippen molar-refractivity contribution in [1.29, 1.82) is 0 Å². The van der Waals surface area contributed by atoms with Crippen LogP contribution in [0.5, 0.6) is 5.88 Å². The van der Waals surface area contributed by atoms with E-state index in [0.717, 1.165) is 26.1 Å². The van der Waals surface area contributed by atoms with Gasteiger partial charge in [-0.25, -0.2) is 0 Å². The molecule has 1 aliphatic heterocycles. The van der Waals surface area contributed by atoms with E-state index < -0.39 is 5.95 Å². The number of ether oxygens (including phenoxy) is 1. The Kier molecular flexibility index (Phi) is 4.39. The summed E-state index contributed by atoms with van der Waals surface area (Å²) in [5.41, 5.74) is 3.97. The van der Waals surface area contributed by atoms with Crippen LogP contribution in [0.3, 0.4) is 0 Å². The predicted molar refractivity (Wildman–Crippen MR) is 84.4 cm³/mol. The number of rotatable bonds is 4. The van der Waals surface area contributed by atoms with Gasteiger partial charge in [-0.05, 0) is 37.5 Å². The third kappa shape index (κ3) is 3.63. The highest BCUT2D eigenvalue weighted by atomic mass is 19.1. The third-order valence-electron chi connectivity index (χ3n) is 4.10. The Labute approximate surface area is 130 Å². The molecule has 0 amide bonds. The van der Waals surface area contributed by atoms with Crippen LogP contribution in [0.4, 0.5) is 4.39 Å². The monoisotopic (exact) mass is 300 g/mol. The lowest BCUT2D eigenvalue weighted by Gasteiger charge is -2.18. The van der Waals surface area contributed by atoms with Gasteiger partial charge in [0.1, 0.15) is 6.10 Å². The number of hydrogen-bond acceptors (Lipinski definition) is 3. The topological polar surface area (TPSA) is 25.4 Å². The van der Waals surface area contributed by atoms with Crippen molar-refractivity contribution in [3.63, 3.8) is 0 Å². The Bertz CT molecular complexity index is 659. The normalized spacial score (nSPS) is 18.6. The lowest BCUT2D eigenvalue weighted by Crippen LogP contribution is -2.25. The summed E-state index contributed by atoms with van der Waals surface area (Å²) in [4.78, 5) is 6.14. The van der Waals surface area contributed by atoms with Crippen molar-refractivity contribution in [3.05, 3.63) is 59.0 Å². The number of aromatic nitrogens is 1. The first-order valence-electron chi connectivity index (χ1n) is 7.68. The van der Waals surface area contributed by atoms with E-state index in [2.05, 4.69) is 41.9 Å². The predicted octanol–water partition coefficient (Wildman–Crippen LogP) is 3.49. The van der Waals surface area contributed by atoms with Gasteiger partial charge < -0.3 is 4.74 Å². The maximum Gasteiger partial charge on any atom is 0.216 e. The van der Waals surface area contributed by atoms with Crippen molar-refractivity contribution < 1.29 is 9.13 Å². The molecule has 0 aliphatic carbocycles. The molecule has 1 aliphatic rings. The molecule has 22 heavy (non-hydrogen) atoms. The van der Waals surface area contributed by atoms with Gasteiger partial charge in [0.25, 0.3) is 0 Å². The van der Waals surface area contributed by atoms with Crippen molar-refractivity contribution in [2.75, 3.05) is 13.1 Å². The fraction of sp³-hybridized carbons (Fsp3) is 0.389. The van der Waals surface area contributed by atoms with Crippen molar-refractivity contribution in [2.45, 2.75) is 32.9 Å². The van der Waals surface area contributed by atoms with E-state index in [1.165, 1.54) is 22.8 Å². The summed E-state index contributed by atoms with van der Waals surface area (Å²) in [6, 6.07) is 11.2. The first-order chi connectivity index (χ1) is 10.6. The van der Waals surface area contributed by atoms with E-state index in [9.17, 15) is 4.39 Å². The molecule has 1 saturated heterocycles. The second-order valence-electron chi connectivity index (χ2n) is 5.99. The molecule has 0 radical (unpaired) electrons. The molecule has 0 saturated carbocycles. The fourth-order valence-corrected chi connectivity index (χ4v) is 2.87. The summed E-state index contributed by atoms with van der Waals surface area (Å²) in [5.74, 6) is -0.124. The van der Waals surface area contributed by atoms with Crippen LogP contribution in [0.15, 0.2) is 36.4 Å². The maximum atomic E-state index is 13.1. The Morgan fingerprint density at radius 2 is 2.14 bits per heavy atom. The van der Waals surface area contributed by atoms with Gasteiger partial charge in [0.15, 0.2) is 0 Å². The standard InChI is InChI=1S/C18H21FN2O/c1-13-6-7-14(2)15(10-13)11-21-9-8-16(12-21)22-18-5-3-4-17(19)20-18/h3-7,10,16H,8-9,11-12H2,1-2H3. The Morgan fingerprint density at radius 3 is 2.95 bits per heavy atom. The van der Waals surface area contributed by atoms with Crippen molar-refractivity contribution in [2.24, 2.45) is 0 Å². The Hall–Kier alpha value is -1.94. The van der Waals surface area contributed by atoms with Gasteiger partial charge in [0.2, 0.25) is 11.8 Å². The summed E-state index contributed by atoms with van der Waals surface area (Å²) in [5, 5.41) is 0. The molecule has 0 spiro atoms. The number of benzene rings is 1. The number of aryl methyl sites for hydroxylation is 2. The molecule has 1 unspecified atom stereocenters. The molecular weight excluding hydrogens is 279 g/mol. The van der Waals surface area contributed by atoms with Crippen LogP contribution in [-0.4, -0.2) is 29.1 Å².